The molecular weight excluding hydrogens is 386 g/mol. The molecule has 8 heteroatoms. The first-order valence-electron chi connectivity index (χ1n) is 10.4. The van der Waals surface area contributed by atoms with Crippen molar-refractivity contribution < 1.29 is 23.9 Å². The van der Waals surface area contributed by atoms with Crippen LogP contribution in [0.5, 0.6) is 5.75 Å². The Morgan fingerprint density at radius 1 is 1.23 bits per heavy atom. The van der Waals surface area contributed by atoms with Crippen LogP contribution < -0.4 is 15.0 Å². The number of nitrogens with one attached hydrogen (secondary N) is 1. The zero-order valence-electron chi connectivity index (χ0n) is 18.7. The van der Waals surface area contributed by atoms with Crippen LogP contribution in [-0.4, -0.2) is 60.7 Å². The lowest BCUT2D eigenvalue weighted by atomic mass is 10.1. The normalized spacial score (nSPS) is 15.8. The summed E-state index contributed by atoms with van der Waals surface area (Å²) in [5.74, 6) is -0.113. The van der Waals surface area contributed by atoms with Gasteiger partial charge in [0.25, 0.3) is 5.91 Å². The van der Waals surface area contributed by atoms with E-state index >= 15 is 0 Å². The molecule has 0 aliphatic carbocycles. The number of hydrogen-bond donors (Lipinski definition) is 1. The van der Waals surface area contributed by atoms with Crippen LogP contribution in [0.2, 0.25) is 0 Å². The molecule has 0 fully saturated rings. The molecule has 0 spiro atoms. The van der Waals surface area contributed by atoms with Crippen molar-refractivity contribution >= 4 is 23.6 Å². The molecule has 0 saturated carbocycles. The van der Waals surface area contributed by atoms with Crippen LogP contribution in [-0.2, 0) is 14.3 Å². The molecule has 30 heavy (non-hydrogen) atoms. The Morgan fingerprint density at radius 3 is 2.47 bits per heavy atom. The van der Waals surface area contributed by atoms with E-state index in [1.807, 2.05) is 13.8 Å². The molecule has 0 radical (unpaired) electrons. The highest BCUT2D eigenvalue weighted by molar-refractivity contribution is 5.99. The lowest BCUT2D eigenvalue weighted by Crippen LogP contribution is -2.54. The number of anilines is 1. The summed E-state index contributed by atoms with van der Waals surface area (Å²) in [6, 6.07) is 7.13. The predicted molar refractivity (Wildman–Crippen MR) is 115 cm³/mol. The third-order valence-corrected chi connectivity index (χ3v) is 4.78. The minimum absolute atomic E-state index is 0.0562. The van der Waals surface area contributed by atoms with E-state index in [-0.39, 0.29) is 30.9 Å². The molecular formula is C22H33N3O5. The van der Waals surface area contributed by atoms with Gasteiger partial charge in [-0.15, -0.1) is 0 Å². The van der Waals surface area contributed by atoms with Gasteiger partial charge in [-0.1, -0.05) is 26.0 Å². The highest BCUT2D eigenvalue weighted by Gasteiger charge is 2.35. The topological polar surface area (TPSA) is 88.2 Å². The lowest BCUT2D eigenvalue weighted by molar-refractivity contribution is -0.129. The summed E-state index contributed by atoms with van der Waals surface area (Å²) >= 11 is 0. The number of ether oxygens (including phenoxy) is 2. The first-order valence-corrected chi connectivity index (χ1v) is 10.4. The third kappa shape index (κ3) is 6.11. The number of amides is 3. The molecule has 2 rings (SSSR count). The summed E-state index contributed by atoms with van der Waals surface area (Å²) < 4.78 is 11.2. The zero-order chi connectivity index (χ0) is 22.5. The molecule has 8 nitrogen and oxygen atoms in total. The number of hydrogen-bond acceptors (Lipinski definition) is 5. The molecule has 1 unspecified atom stereocenters. The van der Waals surface area contributed by atoms with E-state index in [1.54, 1.807) is 45.0 Å². The van der Waals surface area contributed by atoms with E-state index in [4.69, 9.17) is 9.47 Å². The van der Waals surface area contributed by atoms with Gasteiger partial charge in [0.05, 0.1) is 12.2 Å². The van der Waals surface area contributed by atoms with Gasteiger partial charge in [0, 0.05) is 13.1 Å². The van der Waals surface area contributed by atoms with Crippen LogP contribution in [0.4, 0.5) is 10.5 Å². The number of para-hydroxylation sites is 2. The van der Waals surface area contributed by atoms with E-state index in [0.29, 0.717) is 11.4 Å². The Hall–Kier alpha value is -2.77. The summed E-state index contributed by atoms with van der Waals surface area (Å²) in [5.41, 5.74) is -0.0789. The van der Waals surface area contributed by atoms with Gasteiger partial charge in [0.1, 0.15) is 17.9 Å². The van der Waals surface area contributed by atoms with Crippen molar-refractivity contribution in [1.29, 1.82) is 0 Å². The first-order chi connectivity index (χ1) is 14.1. The fraction of sp³-hybridized carbons (Fsp3) is 0.591. The van der Waals surface area contributed by atoms with Gasteiger partial charge in [-0.05, 0) is 45.7 Å². The maximum Gasteiger partial charge on any atom is 0.410 e. The highest BCUT2D eigenvalue weighted by atomic mass is 16.6. The van der Waals surface area contributed by atoms with Crippen molar-refractivity contribution in [3.8, 4) is 5.75 Å². The molecule has 1 heterocycles. The Bertz CT molecular complexity index is 770. The second-order valence-electron chi connectivity index (χ2n) is 8.44. The van der Waals surface area contributed by atoms with Gasteiger partial charge >= 0.3 is 6.09 Å². The van der Waals surface area contributed by atoms with E-state index in [2.05, 4.69) is 5.32 Å². The summed E-state index contributed by atoms with van der Waals surface area (Å²) in [5, 5.41) is 2.97. The molecule has 1 aromatic rings. The summed E-state index contributed by atoms with van der Waals surface area (Å²) in [4.78, 5) is 40.7. The van der Waals surface area contributed by atoms with Gasteiger partial charge in [-0.25, -0.2) is 4.79 Å². The molecule has 1 aromatic carbocycles. The zero-order valence-corrected chi connectivity index (χ0v) is 18.7. The molecule has 1 aliphatic rings. The quantitative estimate of drug-likeness (QED) is 0.766. The highest BCUT2D eigenvalue weighted by Crippen LogP contribution is 2.33. The second kappa shape index (κ2) is 9.82. The van der Waals surface area contributed by atoms with E-state index in [0.717, 1.165) is 12.8 Å². The van der Waals surface area contributed by atoms with Crippen LogP contribution in [0.15, 0.2) is 24.3 Å². The Kier molecular flexibility index (Phi) is 7.70. The second-order valence-corrected chi connectivity index (χ2v) is 8.44. The van der Waals surface area contributed by atoms with E-state index in [9.17, 15) is 14.4 Å². The number of fused-ring (bicyclic) bond motifs is 1. The van der Waals surface area contributed by atoms with Crippen LogP contribution >= 0.6 is 0 Å². The van der Waals surface area contributed by atoms with Gasteiger partial charge < -0.3 is 24.6 Å². The number of benzene rings is 1. The number of likely N-dealkylation sites (N-methyl/N-ethyl adjacent to an activating group) is 1. The Balaban J connectivity index is 2.16. The average Bonchev–Trinajstić information content (AvgIpc) is 2.69. The molecule has 0 aromatic heterocycles. The van der Waals surface area contributed by atoms with E-state index < -0.39 is 17.8 Å². The SMILES string of the molecule is CCC(CC)NC(=O)C1CN(C(=O)CN(C)C(=O)OC(C)(C)C)c2ccccc2O1. The molecule has 3 amide bonds. The van der Waals surface area contributed by atoms with Crippen molar-refractivity contribution in [2.45, 2.75) is 65.2 Å². The fourth-order valence-corrected chi connectivity index (χ4v) is 3.09. The lowest BCUT2D eigenvalue weighted by Gasteiger charge is -2.35. The average molecular weight is 420 g/mol. The molecule has 0 saturated heterocycles. The van der Waals surface area contributed by atoms with Crippen molar-refractivity contribution in [3.05, 3.63) is 24.3 Å². The predicted octanol–water partition coefficient (Wildman–Crippen LogP) is 2.95. The van der Waals surface area contributed by atoms with Crippen LogP contribution in [0.25, 0.3) is 0 Å². The van der Waals surface area contributed by atoms with Crippen molar-refractivity contribution in [2.24, 2.45) is 0 Å². The largest absolute Gasteiger partial charge is 0.477 e. The molecule has 0 bridgehead atoms. The van der Waals surface area contributed by atoms with Crippen LogP contribution in [0, 0.1) is 0 Å². The standard InChI is InChI=1S/C22H33N3O5/c1-7-15(8-2)23-20(27)18-13-25(16-11-9-10-12-17(16)29-18)19(26)14-24(6)21(28)30-22(3,4)5/h9-12,15,18H,7-8,13-14H2,1-6H3,(H,23,27). The smallest absolute Gasteiger partial charge is 0.410 e. The molecule has 1 aliphatic heterocycles. The van der Waals surface area contributed by atoms with Gasteiger partial charge in [-0.3, -0.25) is 9.59 Å². The molecule has 166 valence electrons. The molecule has 1 N–H and O–H groups in total. The monoisotopic (exact) mass is 419 g/mol. The van der Waals surface area contributed by atoms with E-state index in [1.165, 1.54) is 16.8 Å². The minimum atomic E-state index is -0.823. The number of carbonyl (C=O) groups excluding carboxylic acids is 3. The Morgan fingerprint density at radius 2 is 1.87 bits per heavy atom. The maximum atomic E-state index is 13.0. The number of carbonyl (C=O) groups is 3. The molecule has 1 atom stereocenters. The van der Waals surface area contributed by atoms with Gasteiger partial charge in [-0.2, -0.15) is 0 Å². The number of rotatable bonds is 6. The van der Waals surface area contributed by atoms with Gasteiger partial charge in [0.15, 0.2) is 6.10 Å². The van der Waals surface area contributed by atoms with Crippen molar-refractivity contribution in [1.82, 2.24) is 10.2 Å². The van der Waals surface area contributed by atoms with Crippen LogP contribution in [0.3, 0.4) is 0 Å². The summed E-state index contributed by atoms with van der Waals surface area (Å²) in [6.07, 6.45) is 0.223. The third-order valence-electron chi connectivity index (χ3n) is 4.78. The number of nitrogens with zero attached hydrogens (tertiary/aromatic N) is 2. The van der Waals surface area contributed by atoms with Gasteiger partial charge in [0.2, 0.25) is 5.91 Å². The Labute approximate surface area is 178 Å². The first kappa shape index (κ1) is 23.5. The fourth-order valence-electron chi connectivity index (χ4n) is 3.09. The van der Waals surface area contributed by atoms with Crippen LogP contribution in [0.1, 0.15) is 47.5 Å². The van der Waals surface area contributed by atoms with Crippen molar-refractivity contribution in [3.63, 3.8) is 0 Å². The minimum Gasteiger partial charge on any atom is -0.477 e. The summed E-state index contributed by atoms with van der Waals surface area (Å²) in [6.45, 7) is 9.21. The maximum absolute atomic E-state index is 13.0. The summed E-state index contributed by atoms with van der Waals surface area (Å²) in [7, 11) is 1.51. The van der Waals surface area contributed by atoms with Crippen molar-refractivity contribution in [2.75, 3.05) is 25.0 Å².